The van der Waals surface area contributed by atoms with E-state index in [1.807, 2.05) is 74.5 Å². The molecule has 3 aromatic carbocycles. The van der Waals surface area contributed by atoms with Crippen LogP contribution in [0.15, 0.2) is 95.0 Å². The predicted octanol–water partition coefficient (Wildman–Crippen LogP) is 4.51. The van der Waals surface area contributed by atoms with E-state index in [9.17, 15) is 13.2 Å². The molecule has 1 heterocycles. The highest BCUT2D eigenvalue weighted by Crippen LogP contribution is 2.27. The molecule has 4 rings (SSSR count). The van der Waals surface area contributed by atoms with Crippen molar-refractivity contribution < 1.29 is 13.2 Å². The first-order chi connectivity index (χ1) is 18.3. The van der Waals surface area contributed by atoms with E-state index in [0.717, 1.165) is 11.1 Å². The van der Waals surface area contributed by atoms with Gasteiger partial charge in [-0.05, 0) is 23.3 Å². The van der Waals surface area contributed by atoms with Crippen LogP contribution in [0, 0.1) is 0 Å². The molecule has 38 heavy (non-hydrogen) atoms. The maximum absolute atomic E-state index is 13.0. The van der Waals surface area contributed by atoms with E-state index < -0.39 is 10.0 Å². The SMILES string of the molecule is CCN(CC)S(=O)(=O)c1cccc(-c2nnc(SCC(=O)NC(c3ccccc3)c3ccccc3)n2C)c1. The molecule has 0 unspecified atom stereocenters. The molecule has 10 heteroatoms. The molecule has 0 saturated carbocycles. The van der Waals surface area contributed by atoms with E-state index >= 15 is 0 Å². The maximum Gasteiger partial charge on any atom is 0.243 e. The number of nitrogens with one attached hydrogen (secondary N) is 1. The summed E-state index contributed by atoms with van der Waals surface area (Å²) >= 11 is 1.28. The topological polar surface area (TPSA) is 97.2 Å². The lowest BCUT2D eigenvalue weighted by Gasteiger charge is -2.19. The molecule has 0 aliphatic carbocycles. The van der Waals surface area contributed by atoms with Gasteiger partial charge < -0.3 is 9.88 Å². The second kappa shape index (κ2) is 12.4. The van der Waals surface area contributed by atoms with Crippen molar-refractivity contribution >= 4 is 27.7 Å². The number of thioether (sulfide) groups is 1. The summed E-state index contributed by atoms with van der Waals surface area (Å²) in [5.74, 6) is 0.541. The van der Waals surface area contributed by atoms with E-state index in [4.69, 9.17) is 0 Å². The van der Waals surface area contributed by atoms with Crippen LogP contribution in [-0.2, 0) is 21.9 Å². The minimum Gasteiger partial charge on any atom is -0.344 e. The Morgan fingerprint density at radius 2 is 1.53 bits per heavy atom. The molecule has 0 radical (unpaired) electrons. The number of hydrogen-bond donors (Lipinski definition) is 1. The van der Waals surface area contributed by atoms with Gasteiger partial charge >= 0.3 is 0 Å². The number of benzene rings is 3. The molecule has 0 saturated heterocycles. The Morgan fingerprint density at radius 1 is 0.921 bits per heavy atom. The monoisotopic (exact) mass is 549 g/mol. The number of sulfonamides is 1. The van der Waals surface area contributed by atoms with Crippen molar-refractivity contribution in [2.75, 3.05) is 18.8 Å². The molecule has 0 bridgehead atoms. The molecule has 0 aliphatic rings. The van der Waals surface area contributed by atoms with Crippen LogP contribution in [0.3, 0.4) is 0 Å². The van der Waals surface area contributed by atoms with Gasteiger partial charge in [0.2, 0.25) is 15.9 Å². The quantitative estimate of drug-likeness (QED) is 0.277. The van der Waals surface area contributed by atoms with Gasteiger partial charge in [-0.2, -0.15) is 4.31 Å². The Kier molecular flexibility index (Phi) is 8.98. The van der Waals surface area contributed by atoms with Crippen molar-refractivity contribution in [1.29, 1.82) is 0 Å². The average molecular weight is 550 g/mol. The summed E-state index contributed by atoms with van der Waals surface area (Å²) < 4.78 is 29.1. The number of hydrogen-bond acceptors (Lipinski definition) is 6. The van der Waals surface area contributed by atoms with Crippen molar-refractivity contribution in [3.63, 3.8) is 0 Å². The smallest absolute Gasteiger partial charge is 0.243 e. The third-order valence-electron chi connectivity index (χ3n) is 6.17. The van der Waals surface area contributed by atoms with Crippen LogP contribution < -0.4 is 5.32 Å². The van der Waals surface area contributed by atoms with Gasteiger partial charge in [0.05, 0.1) is 16.7 Å². The highest BCUT2D eigenvalue weighted by atomic mass is 32.2. The molecule has 8 nitrogen and oxygen atoms in total. The highest BCUT2D eigenvalue weighted by Gasteiger charge is 2.23. The summed E-state index contributed by atoms with van der Waals surface area (Å²) in [4.78, 5) is 13.2. The fraction of sp³-hybridized carbons (Fsp3) is 0.250. The molecule has 1 N–H and O–H groups in total. The van der Waals surface area contributed by atoms with E-state index in [0.29, 0.717) is 29.6 Å². The lowest BCUT2D eigenvalue weighted by atomic mass is 9.99. The normalized spacial score (nSPS) is 11.7. The molecule has 198 valence electrons. The second-order valence-corrected chi connectivity index (χ2v) is 11.5. The first kappa shape index (κ1) is 27.6. The summed E-state index contributed by atoms with van der Waals surface area (Å²) in [6, 6.07) is 26.1. The van der Waals surface area contributed by atoms with Crippen molar-refractivity contribution in [3.8, 4) is 11.4 Å². The summed E-state index contributed by atoms with van der Waals surface area (Å²) in [6.07, 6.45) is 0. The number of carbonyl (C=O) groups is 1. The van der Waals surface area contributed by atoms with Crippen LogP contribution in [0.1, 0.15) is 31.0 Å². The largest absolute Gasteiger partial charge is 0.344 e. The lowest BCUT2D eigenvalue weighted by molar-refractivity contribution is -0.119. The molecule has 4 aromatic rings. The minimum atomic E-state index is -3.60. The minimum absolute atomic E-state index is 0.135. The van der Waals surface area contributed by atoms with Gasteiger partial charge in [0.1, 0.15) is 0 Å². The van der Waals surface area contributed by atoms with Gasteiger partial charge in [-0.15, -0.1) is 10.2 Å². The molecule has 0 fully saturated rings. The number of aromatic nitrogens is 3. The fourth-order valence-electron chi connectivity index (χ4n) is 4.18. The first-order valence-corrected chi connectivity index (χ1v) is 14.8. The Morgan fingerprint density at radius 3 is 2.11 bits per heavy atom. The molecule has 1 aromatic heterocycles. The van der Waals surface area contributed by atoms with Gasteiger partial charge in [-0.1, -0.05) is 98.4 Å². The van der Waals surface area contributed by atoms with E-state index in [1.165, 1.54) is 16.1 Å². The van der Waals surface area contributed by atoms with Crippen LogP contribution in [0.2, 0.25) is 0 Å². The van der Waals surface area contributed by atoms with Gasteiger partial charge in [0, 0.05) is 25.7 Å². The zero-order valence-corrected chi connectivity index (χ0v) is 23.2. The summed E-state index contributed by atoms with van der Waals surface area (Å²) in [5.41, 5.74) is 2.63. The summed E-state index contributed by atoms with van der Waals surface area (Å²) in [7, 11) is -1.80. The fourth-order valence-corrected chi connectivity index (χ4v) is 6.41. The number of amides is 1. The molecule has 1 amide bonds. The Hall–Kier alpha value is -3.47. The predicted molar refractivity (Wildman–Crippen MR) is 150 cm³/mol. The van der Waals surface area contributed by atoms with E-state index in [2.05, 4.69) is 15.5 Å². The zero-order valence-electron chi connectivity index (χ0n) is 21.6. The van der Waals surface area contributed by atoms with E-state index in [1.54, 1.807) is 35.9 Å². The maximum atomic E-state index is 13.0. The first-order valence-electron chi connectivity index (χ1n) is 12.4. The van der Waals surface area contributed by atoms with Crippen LogP contribution in [0.5, 0.6) is 0 Å². The van der Waals surface area contributed by atoms with Crippen molar-refractivity contribution in [2.24, 2.45) is 7.05 Å². The Balaban J connectivity index is 1.48. The Bertz CT molecular complexity index is 1430. The van der Waals surface area contributed by atoms with Crippen molar-refractivity contribution in [3.05, 3.63) is 96.1 Å². The van der Waals surface area contributed by atoms with Gasteiger partial charge in [0.25, 0.3) is 0 Å². The van der Waals surface area contributed by atoms with Crippen LogP contribution in [-0.4, -0.2) is 52.2 Å². The summed E-state index contributed by atoms with van der Waals surface area (Å²) in [5, 5.41) is 12.2. The standard InChI is InChI=1S/C28H31N5O3S2/c1-4-33(5-2)38(35,36)24-18-12-17-23(19-24)27-30-31-28(32(27)3)37-20-25(34)29-26(21-13-8-6-9-14-21)22-15-10-7-11-16-22/h6-19,26H,4-5,20H2,1-3H3,(H,29,34). The summed E-state index contributed by atoms with van der Waals surface area (Å²) in [6.45, 7) is 4.42. The van der Waals surface area contributed by atoms with Crippen LogP contribution in [0.4, 0.5) is 0 Å². The number of rotatable bonds is 11. The van der Waals surface area contributed by atoms with Gasteiger partial charge in [-0.25, -0.2) is 8.42 Å². The highest BCUT2D eigenvalue weighted by molar-refractivity contribution is 7.99. The lowest BCUT2D eigenvalue weighted by Crippen LogP contribution is -2.30. The van der Waals surface area contributed by atoms with Crippen molar-refractivity contribution in [1.82, 2.24) is 24.4 Å². The zero-order chi connectivity index (χ0) is 27.1. The second-order valence-electron chi connectivity index (χ2n) is 8.59. The van der Waals surface area contributed by atoms with Gasteiger partial charge in [0.15, 0.2) is 11.0 Å². The number of nitrogens with zero attached hydrogens (tertiary/aromatic N) is 4. The number of carbonyl (C=O) groups excluding carboxylic acids is 1. The molecule has 0 aliphatic heterocycles. The molecule has 0 atom stereocenters. The average Bonchev–Trinajstić information content (AvgIpc) is 3.32. The molecular formula is C28H31N5O3S2. The van der Waals surface area contributed by atoms with Crippen molar-refractivity contribution in [2.45, 2.75) is 29.9 Å². The van der Waals surface area contributed by atoms with Crippen LogP contribution >= 0.6 is 11.8 Å². The van der Waals surface area contributed by atoms with Gasteiger partial charge in [-0.3, -0.25) is 4.79 Å². The molecule has 0 spiro atoms. The molecular weight excluding hydrogens is 518 g/mol. The third-order valence-corrected chi connectivity index (χ3v) is 9.24. The Labute approximate surface area is 228 Å². The third kappa shape index (κ3) is 6.15. The van der Waals surface area contributed by atoms with Crippen LogP contribution in [0.25, 0.3) is 11.4 Å². The van der Waals surface area contributed by atoms with E-state index in [-0.39, 0.29) is 22.6 Å².